The minimum absolute atomic E-state index is 0. The topological polar surface area (TPSA) is 0 Å². The number of hydrogen-bond acceptors (Lipinski definition) is 0. The number of fused-ring (bicyclic) bond motifs is 2. The van der Waals surface area contributed by atoms with E-state index < -0.39 is 0 Å². The molecule has 0 saturated heterocycles. The summed E-state index contributed by atoms with van der Waals surface area (Å²) >= 11 is 0. The Hall–Kier alpha value is -1.61. The van der Waals surface area contributed by atoms with Gasteiger partial charge in [0.05, 0.1) is 0 Å². The Morgan fingerprint density at radius 3 is 2.55 bits per heavy atom. The summed E-state index contributed by atoms with van der Waals surface area (Å²) in [5, 5.41) is 2.69. The van der Waals surface area contributed by atoms with E-state index >= 15 is 0 Å². The number of benzene rings is 2. The molecule has 1 aliphatic carbocycles. The van der Waals surface area contributed by atoms with Crippen LogP contribution in [0.25, 0.3) is 16.3 Å². The van der Waals surface area contributed by atoms with Crippen molar-refractivity contribution in [2.75, 3.05) is 0 Å². The quantitative estimate of drug-likeness (QED) is 0.458. The Labute approximate surface area is 131 Å². The van der Waals surface area contributed by atoms with Crippen LogP contribution in [0.2, 0.25) is 0 Å². The second kappa shape index (κ2) is 5.06. The molecule has 1 unspecified atom stereocenters. The zero-order valence-electron chi connectivity index (χ0n) is 11.9. The van der Waals surface area contributed by atoms with Gasteiger partial charge in [-0.3, -0.25) is 0 Å². The summed E-state index contributed by atoms with van der Waals surface area (Å²) in [7, 11) is 0. The second-order valence-corrected chi connectivity index (χ2v) is 5.29. The summed E-state index contributed by atoms with van der Waals surface area (Å²) in [4.78, 5) is 0. The maximum atomic E-state index is 2.40. The van der Waals surface area contributed by atoms with Crippen molar-refractivity contribution in [2.45, 2.75) is 12.8 Å². The molecule has 0 amide bonds. The van der Waals surface area contributed by atoms with Crippen LogP contribution in [0.15, 0.2) is 66.7 Å². The van der Waals surface area contributed by atoms with Gasteiger partial charge in [0.1, 0.15) is 0 Å². The van der Waals surface area contributed by atoms with Crippen LogP contribution in [0.5, 0.6) is 0 Å². The van der Waals surface area contributed by atoms with Gasteiger partial charge in [0.15, 0.2) is 0 Å². The van der Waals surface area contributed by atoms with Crippen LogP contribution >= 0.6 is 0 Å². The van der Waals surface area contributed by atoms with E-state index in [0.29, 0.717) is 5.92 Å². The number of rotatable bonds is 1. The summed E-state index contributed by atoms with van der Waals surface area (Å²) in [6.07, 6.45) is 2.40. The SMILES string of the molecule is CC1C=C(c2c[cH-]c3ccccc23)c2ccccc21.[Li+]. The van der Waals surface area contributed by atoms with E-state index in [9.17, 15) is 0 Å². The van der Waals surface area contributed by atoms with E-state index in [4.69, 9.17) is 0 Å². The molecule has 1 aliphatic rings. The van der Waals surface area contributed by atoms with Gasteiger partial charge in [0.25, 0.3) is 0 Å². The molecule has 0 radical (unpaired) electrons. The molecule has 0 fully saturated rings. The zero-order chi connectivity index (χ0) is 12.8. The predicted octanol–water partition coefficient (Wildman–Crippen LogP) is 2.11. The molecule has 1 heteroatoms. The van der Waals surface area contributed by atoms with E-state index in [1.807, 2.05) is 0 Å². The fourth-order valence-corrected chi connectivity index (χ4v) is 3.19. The molecule has 4 rings (SSSR count). The van der Waals surface area contributed by atoms with Crippen molar-refractivity contribution in [2.24, 2.45) is 0 Å². The van der Waals surface area contributed by atoms with Gasteiger partial charge in [0.2, 0.25) is 0 Å². The third kappa shape index (κ3) is 1.88. The van der Waals surface area contributed by atoms with Crippen molar-refractivity contribution in [3.63, 3.8) is 0 Å². The van der Waals surface area contributed by atoms with Gasteiger partial charge in [-0.25, -0.2) is 0 Å². The third-order valence-electron chi connectivity index (χ3n) is 4.13. The smallest absolute Gasteiger partial charge is 0.150 e. The molecule has 0 nitrogen and oxygen atoms in total. The number of allylic oxidation sites excluding steroid dienone is 1. The Morgan fingerprint density at radius 1 is 0.900 bits per heavy atom. The molecule has 20 heavy (non-hydrogen) atoms. The molecule has 0 spiro atoms. The Bertz CT molecular complexity index is 792. The van der Waals surface area contributed by atoms with Gasteiger partial charge in [-0.05, 0) is 17.0 Å². The molecule has 3 aromatic rings. The van der Waals surface area contributed by atoms with Crippen molar-refractivity contribution < 1.29 is 18.9 Å². The zero-order valence-corrected chi connectivity index (χ0v) is 11.9. The van der Waals surface area contributed by atoms with Gasteiger partial charge < -0.3 is 0 Å². The first-order chi connectivity index (χ1) is 9.34. The summed E-state index contributed by atoms with van der Waals surface area (Å²) in [5.74, 6) is 0.514. The molecule has 0 aromatic heterocycles. The van der Waals surface area contributed by atoms with E-state index in [1.165, 1.54) is 33.0 Å². The second-order valence-electron chi connectivity index (χ2n) is 5.29. The van der Waals surface area contributed by atoms with Crippen LogP contribution < -0.4 is 18.9 Å². The third-order valence-corrected chi connectivity index (χ3v) is 4.13. The first-order valence-electron chi connectivity index (χ1n) is 6.80. The Morgan fingerprint density at radius 2 is 1.65 bits per heavy atom. The molecule has 1 atom stereocenters. The molecule has 0 N–H and O–H groups in total. The molecule has 0 aliphatic heterocycles. The van der Waals surface area contributed by atoms with Crippen LogP contribution in [0.1, 0.15) is 29.5 Å². The summed E-state index contributed by atoms with van der Waals surface area (Å²) in [6, 6.07) is 21.9. The fourth-order valence-electron chi connectivity index (χ4n) is 3.19. The first kappa shape index (κ1) is 13.4. The summed E-state index contributed by atoms with van der Waals surface area (Å²) in [5.41, 5.74) is 5.60. The van der Waals surface area contributed by atoms with Gasteiger partial charge in [0, 0.05) is 0 Å². The molecule has 3 aromatic carbocycles. The van der Waals surface area contributed by atoms with E-state index in [-0.39, 0.29) is 18.9 Å². The van der Waals surface area contributed by atoms with Crippen molar-refractivity contribution in [1.82, 2.24) is 0 Å². The van der Waals surface area contributed by atoms with Gasteiger partial charge >= 0.3 is 18.9 Å². The van der Waals surface area contributed by atoms with Crippen LogP contribution in [0.4, 0.5) is 0 Å². The molecule has 0 saturated carbocycles. The largest absolute Gasteiger partial charge is 1.00 e. The predicted molar refractivity (Wildman–Crippen MR) is 81.5 cm³/mol. The molecular formula is C19H15Li. The average Bonchev–Trinajstić information content (AvgIpc) is 3.01. The van der Waals surface area contributed by atoms with Crippen LogP contribution in [0, 0.1) is 0 Å². The molecule has 0 bridgehead atoms. The van der Waals surface area contributed by atoms with Crippen molar-refractivity contribution in [1.29, 1.82) is 0 Å². The monoisotopic (exact) mass is 250 g/mol. The average molecular weight is 250 g/mol. The van der Waals surface area contributed by atoms with E-state index in [0.717, 1.165) is 0 Å². The molecule has 0 heterocycles. The fraction of sp³-hybridized carbons (Fsp3) is 0.105. The van der Waals surface area contributed by atoms with Crippen LogP contribution in [-0.4, -0.2) is 0 Å². The van der Waals surface area contributed by atoms with Gasteiger partial charge in [-0.15, -0.1) is 46.7 Å². The standard InChI is InChI=1S/C19H15.Li/c1-13-12-19(17-9-5-4-7-15(13)17)18-11-10-14-6-2-3-8-16(14)18;/h2-13H,1H3;/q-1;+1. The van der Waals surface area contributed by atoms with Crippen molar-refractivity contribution in [3.8, 4) is 0 Å². The minimum atomic E-state index is 0. The summed E-state index contributed by atoms with van der Waals surface area (Å²) < 4.78 is 0. The van der Waals surface area contributed by atoms with Crippen molar-refractivity contribution in [3.05, 3.63) is 83.4 Å². The maximum Gasteiger partial charge on any atom is 1.00 e. The molecular weight excluding hydrogens is 235 g/mol. The Balaban J connectivity index is 0.00000121. The summed E-state index contributed by atoms with van der Waals surface area (Å²) in [6.45, 7) is 2.27. The van der Waals surface area contributed by atoms with Gasteiger partial charge in [-0.1, -0.05) is 48.9 Å². The Kier molecular flexibility index (Phi) is 3.38. The van der Waals surface area contributed by atoms with Crippen LogP contribution in [-0.2, 0) is 0 Å². The van der Waals surface area contributed by atoms with Crippen molar-refractivity contribution >= 4 is 16.3 Å². The van der Waals surface area contributed by atoms with E-state index in [1.54, 1.807) is 0 Å². The first-order valence-corrected chi connectivity index (χ1v) is 6.80. The molecule has 92 valence electrons. The van der Waals surface area contributed by atoms with Gasteiger partial charge in [-0.2, -0.15) is 0 Å². The number of hydrogen-bond donors (Lipinski definition) is 0. The van der Waals surface area contributed by atoms with E-state index in [2.05, 4.69) is 73.7 Å². The normalized spacial score (nSPS) is 16.6. The van der Waals surface area contributed by atoms with Crippen LogP contribution in [0.3, 0.4) is 0 Å². The minimum Gasteiger partial charge on any atom is -0.150 e. The maximum absolute atomic E-state index is 2.40.